The molecule has 1 atom stereocenters. The smallest absolute Gasteiger partial charge is 0.0766 e. The van der Waals surface area contributed by atoms with E-state index in [9.17, 15) is 0 Å². The number of nitrogens with two attached hydrogens (primary N) is 1. The van der Waals surface area contributed by atoms with Crippen molar-refractivity contribution in [2.45, 2.75) is 58.4 Å². The van der Waals surface area contributed by atoms with Gasteiger partial charge in [-0.3, -0.25) is 4.68 Å². The second-order valence-corrected chi connectivity index (χ2v) is 5.42. The number of rotatable bonds is 7. The Hall–Kier alpha value is -0.350. The van der Waals surface area contributed by atoms with Gasteiger partial charge in [0.2, 0.25) is 0 Å². The minimum Gasteiger partial charge on any atom is -0.328 e. The summed E-state index contributed by atoms with van der Waals surface area (Å²) in [6, 6.07) is 0.359. The van der Waals surface area contributed by atoms with Gasteiger partial charge in [-0.2, -0.15) is 5.10 Å². The highest BCUT2D eigenvalue weighted by molar-refractivity contribution is 9.10. The summed E-state index contributed by atoms with van der Waals surface area (Å²) in [5, 5.41) is 4.50. The van der Waals surface area contributed by atoms with Crippen LogP contribution in [0.1, 0.15) is 50.9 Å². The molecule has 0 saturated heterocycles. The first-order chi connectivity index (χ1) is 8.10. The van der Waals surface area contributed by atoms with Crippen LogP contribution >= 0.6 is 15.9 Å². The second kappa shape index (κ2) is 7.17. The quantitative estimate of drug-likeness (QED) is 0.840. The van der Waals surface area contributed by atoms with Crippen molar-refractivity contribution < 1.29 is 0 Å². The normalized spacial score (nSPS) is 13.0. The molecule has 1 heterocycles. The van der Waals surface area contributed by atoms with E-state index in [1.807, 2.05) is 11.7 Å². The van der Waals surface area contributed by atoms with Gasteiger partial charge >= 0.3 is 0 Å². The van der Waals surface area contributed by atoms with Gasteiger partial charge in [-0.1, -0.05) is 20.3 Å². The van der Waals surface area contributed by atoms with Gasteiger partial charge in [-0.25, -0.2) is 0 Å². The number of aryl methyl sites for hydroxylation is 2. The molecule has 4 heteroatoms. The number of hydrogen-bond donors (Lipinski definition) is 1. The van der Waals surface area contributed by atoms with Gasteiger partial charge in [0.05, 0.1) is 15.9 Å². The Kier molecular flexibility index (Phi) is 6.20. The van der Waals surface area contributed by atoms with Crippen LogP contribution in [-0.2, 0) is 19.9 Å². The highest BCUT2D eigenvalue weighted by Gasteiger charge is 2.12. The van der Waals surface area contributed by atoms with E-state index in [0.717, 1.165) is 37.8 Å². The molecule has 2 N–H and O–H groups in total. The monoisotopic (exact) mass is 301 g/mol. The van der Waals surface area contributed by atoms with E-state index in [1.54, 1.807) is 0 Å². The molecular formula is C13H24BrN3. The minimum atomic E-state index is 0.359. The van der Waals surface area contributed by atoms with Crippen molar-refractivity contribution in [3.63, 3.8) is 0 Å². The Labute approximate surface area is 113 Å². The molecule has 0 spiro atoms. The zero-order chi connectivity index (χ0) is 12.8. The molecule has 17 heavy (non-hydrogen) atoms. The summed E-state index contributed by atoms with van der Waals surface area (Å²) in [6.45, 7) is 4.32. The van der Waals surface area contributed by atoms with Crippen molar-refractivity contribution in [3.05, 3.63) is 15.9 Å². The highest BCUT2D eigenvalue weighted by Crippen LogP contribution is 2.23. The topological polar surface area (TPSA) is 43.8 Å². The SMILES string of the molecule is CCCC(N)CCCc1c(Br)c(CC)nn1C. The standard InChI is InChI=1S/C13H24BrN3/c1-4-7-10(15)8-6-9-12-13(14)11(5-2)16-17(12)3/h10H,4-9,15H2,1-3H3. The van der Waals surface area contributed by atoms with Crippen molar-refractivity contribution in [1.29, 1.82) is 0 Å². The molecular weight excluding hydrogens is 278 g/mol. The molecule has 0 saturated carbocycles. The predicted molar refractivity (Wildman–Crippen MR) is 76.1 cm³/mol. The summed E-state index contributed by atoms with van der Waals surface area (Å²) in [5.41, 5.74) is 8.47. The molecule has 0 radical (unpaired) electrons. The molecule has 0 fully saturated rings. The lowest BCUT2D eigenvalue weighted by Crippen LogP contribution is -2.19. The van der Waals surface area contributed by atoms with E-state index >= 15 is 0 Å². The molecule has 0 amide bonds. The zero-order valence-corrected chi connectivity index (χ0v) is 12.8. The Morgan fingerprint density at radius 1 is 1.35 bits per heavy atom. The van der Waals surface area contributed by atoms with E-state index in [4.69, 9.17) is 5.73 Å². The van der Waals surface area contributed by atoms with Gasteiger partial charge in [0.25, 0.3) is 0 Å². The number of aromatic nitrogens is 2. The van der Waals surface area contributed by atoms with Crippen LogP contribution in [0.4, 0.5) is 0 Å². The van der Waals surface area contributed by atoms with Crippen molar-refractivity contribution in [1.82, 2.24) is 9.78 Å². The van der Waals surface area contributed by atoms with E-state index in [0.29, 0.717) is 6.04 Å². The first-order valence-corrected chi connectivity index (χ1v) is 7.35. The highest BCUT2D eigenvalue weighted by atomic mass is 79.9. The first-order valence-electron chi connectivity index (χ1n) is 6.55. The van der Waals surface area contributed by atoms with E-state index in [1.165, 1.54) is 16.6 Å². The fourth-order valence-corrected chi connectivity index (χ4v) is 2.95. The third-order valence-electron chi connectivity index (χ3n) is 3.15. The zero-order valence-electron chi connectivity index (χ0n) is 11.2. The summed E-state index contributed by atoms with van der Waals surface area (Å²) in [5.74, 6) is 0. The molecule has 0 aliphatic heterocycles. The van der Waals surface area contributed by atoms with Crippen molar-refractivity contribution in [2.75, 3.05) is 0 Å². The van der Waals surface area contributed by atoms with Crippen LogP contribution in [0.5, 0.6) is 0 Å². The largest absolute Gasteiger partial charge is 0.328 e. The number of hydrogen-bond acceptors (Lipinski definition) is 2. The third kappa shape index (κ3) is 4.11. The summed E-state index contributed by atoms with van der Waals surface area (Å²) < 4.78 is 3.18. The average Bonchev–Trinajstić information content (AvgIpc) is 2.56. The number of nitrogens with zero attached hydrogens (tertiary/aromatic N) is 2. The average molecular weight is 302 g/mol. The summed E-state index contributed by atoms with van der Waals surface area (Å²) in [7, 11) is 2.02. The maximum absolute atomic E-state index is 6.02. The molecule has 0 aliphatic rings. The molecule has 98 valence electrons. The lowest BCUT2D eigenvalue weighted by molar-refractivity contribution is 0.531. The predicted octanol–water partition coefficient (Wildman–Crippen LogP) is 3.20. The van der Waals surface area contributed by atoms with Gasteiger partial charge in [0, 0.05) is 13.1 Å². The summed E-state index contributed by atoms with van der Waals surface area (Å²) in [4.78, 5) is 0. The van der Waals surface area contributed by atoms with E-state index in [-0.39, 0.29) is 0 Å². The Morgan fingerprint density at radius 2 is 2.06 bits per heavy atom. The lowest BCUT2D eigenvalue weighted by Gasteiger charge is -2.09. The van der Waals surface area contributed by atoms with Crippen LogP contribution in [0.15, 0.2) is 4.47 Å². The van der Waals surface area contributed by atoms with Gasteiger partial charge in [0.15, 0.2) is 0 Å². The van der Waals surface area contributed by atoms with Crippen molar-refractivity contribution >= 4 is 15.9 Å². The van der Waals surface area contributed by atoms with Crippen molar-refractivity contribution in [3.8, 4) is 0 Å². The van der Waals surface area contributed by atoms with Gasteiger partial charge < -0.3 is 5.73 Å². The van der Waals surface area contributed by atoms with Gasteiger partial charge in [-0.15, -0.1) is 0 Å². The Morgan fingerprint density at radius 3 is 2.59 bits per heavy atom. The minimum absolute atomic E-state index is 0.359. The van der Waals surface area contributed by atoms with Crippen LogP contribution in [0, 0.1) is 0 Å². The fourth-order valence-electron chi connectivity index (χ4n) is 2.14. The second-order valence-electron chi connectivity index (χ2n) is 4.63. The molecule has 0 aliphatic carbocycles. The summed E-state index contributed by atoms with van der Waals surface area (Å²) >= 11 is 3.65. The Bertz CT molecular complexity index is 347. The molecule has 0 bridgehead atoms. The van der Waals surface area contributed by atoms with E-state index in [2.05, 4.69) is 34.9 Å². The fraction of sp³-hybridized carbons (Fsp3) is 0.769. The molecule has 1 aromatic heterocycles. The maximum Gasteiger partial charge on any atom is 0.0766 e. The molecule has 1 rings (SSSR count). The Balaban J connectivity index is 2.49. The maximum atomic E-state index is 6.02. The summed E-state index contributed by atoms with van der Waals surface area (Å²) in [6.07, 6.45) is 6.59. The van der Waals surface area contributed by atoms with Gasteiger partial charge in [-0.05, 0) is 48.0 Å². The number of halogens is 1. The van der Waals surface area contributed by atoms with Crippen LogP contribution in [0.25, 0.3) is 0 Å². The van der Waals surface area contributed by atoms with Crippen LogP contribution in [0.2, 0.25) is 0 Å². The van der Waals surface area contributed by atoms with Crippen LogP contribution < -0.4 is 5.73 Å². The molecule has 1 unspecified atom stereocenters. The first kappa shape index (κ1) is 14.7. The molecule has 3 nitrogen and oxygen atoms in total. The molecule has 1 aromatic rings. The van der Waals surface area contributed by atoms with Gasteiger partial charge in [0.1, 0.15) is 0 Å². The lowest BCUT2D eigenvalue weighted by atomic mass is 10.0. The van der Waals surface area contributed by atoms with E-state index < -0.39 is 0 Å². The third-order valence-corrected chi connectivity index (χ3v) is 4.07. The molecule has 0 aromatic carbocycles. The van der Waals surface area contributed by atoms with Crippen molar-refractivity contribution in [2.24, 2.45) is 12.8 Å². The van der Waals surface area contributed by atoms with Crippen LogP contribution in [-0.4, -0.2) is 15.8 Å². The van der Waals surface area contributed by atoms with Crippen LogP contribution in [0.3, 0.4) is 0 Å².